The molecule has 0 unspecified atom stereocenters. The number of alkyl halides is 3. The van der Waals surface area contributed by atoms with Gasteiger partial charge in [0.25, 0.3) is 0 Å². The number of sulfone groups is 1. The van der Waals surface area contributed by atoms with E-state index in [4.69, 9.17) is 15.6 Å². The van der Waals surface area contributed by atoms with Crippen molar-refractivity contribution >= 4 is 26.8 Å². The lowest BCUT2D eigenvalue weighted by Gasteiger charge is -2.30. The van der Waals surface area contributed by atoms with Crippen LogP contribution in [0.25, 0.3) is 11.0 Å². The predicted octanol–water partition coefficient (Wildman–Crippen LogP) is 3.16. The third-order valence-corrected chi connectivity index (χ3v) is 6.33. The van der Waals surface area contributed by atoms with Gasteiger partial charge in [0.2, 0.25) is 0 Å². The minimum Gasteiger partial charge on any atom is -0.475 e. The van der Waals surface area contributed by atoms with E-state index in [0.29, 0.717) is 22.9 Å². The van der Waals surface area contributed by atoms with Crippen LogP contribution in [0.1, 0.15) is 17.3 Å². The molecule has 0 bridgehead atoms. The molecule has 7 nitrogen and oxygen atoms in total. The van der Waals surface area contributed by atoms with E-state index < -0.39 is 51.4 Å². The maximum Gasteiger partial charge on any atom is 0.490 e. The summed E-state index contributed by atoms with van der Waals surface area (Å²) < 4.78 is 98.2. The lowest BCUT2D eigenvalue weighted by atomic mass is 9.86. The van der Waals surface area contributed by atoms with Crippen molar-refractivity contribution in [2.75, 3.05) is 6.26 Å². The van der Waals surface area contributed by atoms with Crippen LogP contribution in [0.3, 0.4) is 0 Å². The molecule has 34 heavy (non-hydrogen) atoms. The Bertz CT molecular complexity index is 1370. The average Bonchev–Trinajstić information content (AvgIpc) is 3.06. The quantitative estimate of drug-likeness (QED) is 0.405. The maximum absolute atomic E-state index is 14.2. The highest BCUT2D eigenvalue weighted by atomic mass is 32.2. The minimum absolute atomic E-state index is 0.0107. The lowest BCUT2D eigenvalue weighted by molar-refractivity contribution is -0.192. The topological polar surface area (TPSA) is 115 Å². The van der Waals surface area contributed by atoms with E-state index in [1.54, 1.807) is 10.6 Å². The molecular formula is C20H17F6N3O4S. The molecule has 0 radical (unpaired) electrons. The average molecular weight is 509 g/mol. The molecule has 0 aliphatic carbocycles. The third-order valence-electron chi connectivity index (χ3n) is 5.22. The number of carbonyl (C=O) groups is 1. The fourth-order valence-corrected chi connectivity index (χ4v) is 4.23. The molecule has 0 saturated carbocycles. The van der Waals surface area contributed by atoms with Gasteiger partial charge in [-0.25, -0.2) is 31.4 Å². The first-order chi connectivity index (χ1) is 15.6. The van der Waals surface area contributed by atoms with E-state index in [2.05, 4.69) is 4.98 Å². The summed E-state index contributed by atoms with van der Waals surface area (Å²) in [7, 11) is -3.38. The van der Waals surface area contributed by atoms with Gasteiger partial charge in [0, 0.05) is 37.2 Å². The molecule has 1 aromatic heterocycles. The minimum atomic E-state index is -5.08. The molecule has 1 aliphatic rings. The molecule has 1 aliphatic heterocycles. The van der Waals surface area contributed by atoms with Crippen molar-refractivity contribution in [3.63, 3.8) is 0 Å². The summed E-state index contributed by atoms with van der Waals surface area (Å²) in [4.78, 5) is 13.5. The first kappa shape index (κ1) is 25.5. The molecule has 0 amide bonds. The highest BCUT2D eigenvalue weighted by Crippen LogP contribution is 2.34. The van der Waals surface area contributed by atoms with Gasteiger partial charge in [0.15, 0.2) is 21.5 Å². The van der Waals surface area contributed by atoms with Gasteiger partial charge in [-0.3, -0.25) is 0 Å². The number of nitrogens with two attached hydrogens (primary N) is 1. The summed E-state index contributed by atoms with van der Waals surface area (Å²) >= 11 is 0. The zero-order chi connectivity index (χ0) is 25.6. The maximum atomic E-state index is 14.2. The largest absolute Gasteiger partial charge is 0.490 e. The van der Waals surface area contributed by atoms with Crippen molar-refractivity contribution in [3.05, 3.63) is 59.2 Å². The smallest absolute Gasteiger partial charge is 0.475 e. The highest BCUT2D eigenvalue weighted by molar-refractivity contribution is 7.90. The molecule has 2 atom stereocenters. The number of carboxylic acid groups (broad SMARTS) is 1. The number of aromatic nitrogens is 2. The van der Waals surface area contributed by atoms with Gasteiger partial charge in [0.05, 0.1) is 15.9 Å². The molecule has 14 heteroatoms. The number of benzene rings is 2. The molecule has 184 valence electrons. The van der Waals surface area contributed by atoms with Crippen LogP contribution in [0.5, 0.6) is 0 Å². The van der Waals surface area contributed by atoms with Crippen LogP contribution >= 0.6 is 0 Å². The third kappa shape index (κ3) is 5.17. The fraction of sp³-hybridized carbons (Fsp3) is 0.300. The van der Waals surface area contributed by atoms with Crippen molar-refractivity contribution in [3.8, 4) is 0 Å². The predicted molar refractivity (Wildman–Crippen MR) is 107 cm³/mol. The zero-order valence-electron chi connectivity index (χ0n) is 17.3. The molecule has 0 fully saturated rings. The monoisotopic (exact) mass is 509 g/mol. The summed E-state index contributed by atoms with van der Waals surface area (Å²) in [6, 6.07) is 5.41. The van der Waals surface area contributed by atoms with Crippen LogP contribution < -0.4 is 5.73 Å². The van der Waals surface area contributed by atoms with E-state index >= 15 is 0 Å². The number of fused-ring (bicyclic) bond motifs is 3. The molecule has 2 aromatic carbocycles. The fourth-order valence-electron chi connectivity index (χ4n) is 3.59. The van der Waals surface area contributed by atoms with Crippen LogP contribution in [0.2, 0.25) is 0 Å². The first-order valence-electron chi connectivity index (χ1n) is 9.49. The second-order valence-corrected chi connectivity index (χ2v) is 9.64. The normalized spacial score (nSPS) is 18.2. The van der Waals surface area contributed by atoms with Crippen molar-refractivity contribution in [1.82, 2.24) is 9.55 Å². The second-order valence-electron chi connectivity index (χ2n) is 7.63. The Morgan fingerprint density at radius 2 is 1.71 bits per heavy atom. The van der Waals surface area contributed by atoms with E-state index in [1.165, 1.54) is 12.1 Å². The van der Waals surface area contributed by atoms with Crippen LogP contribution in [0.15, 0.2) is 35.2 Å². The summed E-state index contributed by atoms with van der Waals surface area (Å²) in [6.07, 6.45) is -3.73. The van der Waals surface area contributed by atoms with Gasteiger partial charge in [-0.05, 0) is 29.8 Å². The van der Waals surface area contributed by atoms with Crippen molar-refractivity contribution in [1.29, 1.82) is 0 Å². The van der Waals surface area contributed by atoms with Crippen LogP contribution in [0.4, 0.5) is 26.3 Å². The number of aliphatic carboxylic acids is 1. The van der Waals surface area contributed by atoms with Crippen LogP contribution in [-0.4, -0.2) is 47.5 Å². The number of imidazole rings is 1. The summed E-state index contributed by atoms with van der Waals surface area (Å²) in [5.41, 5.74) is 7.43. The molecule has 0 spiro atoms. The SMILES string of the molecule is CS(=O)(=O)c1ccc2nc3n(c2c1)C[C@H](N)[C@@H](c1cc(F)c(F)cc1F)C3.O=C(O)C(F)(F)F. The van der Waals surface area contributed by atoms with E-state index in [1.807, 2.05) is 0 Å². The molecular weight excluding hydrogens is 492 g/mol. The number of hydrogen-bond donors (Lipinski definition) is 2. The van der Waals surface area contributed by atoms with Gasteiger partial charge >= 0.3 is 12.1 Å². The van der Waals surface area contributed by atoms with Crippen molar-refractivity contribution in [2.45, 2.75) is 36.0 Å². The highest BCUT2D eigenvalue weighted by Gasteiger charge is 2.38. The Labute approximate surface area is 188 Å². The van der Waals surface area contributed by atoms with Crippen molar-refractivity contribution in [2.24, 2.45) is 5.73 Å². The van der Waals surface area contributed by atoms with E-state index in [-0.39, 0.29) is 23.4 Å². The summed E-state index contributed by atoms with van der Waals surface area (Å²) in [6.45, 7) is 0.252. The van der Waals surface area contributed by atoms with Gasteiger partial charge in [0.1, 0.15) is 11.6 Å². The Morgan fingerprint density at radius 1 is 1.12 bits per heavy atom. The summed E-state index contributed by atoms with van der Waals surface area (Å²) in [5, 5.41) is 7.12. The Morgan fingerprint density at radius 3 is 2.26 bits per heavy atom. The van der Waals surface area contributed by atoms with Crippen LogP contribution in [0, 0.1) is 17.5 Å². The molecule has 2 heterocycles. The van der Waals surface area contributed by atoms with Crippen LogP contribution in [-0.2, 0) is 27.6 Å². The first-order valence-corrected chi connectivity index (χ1v) is 11.4. The second kappa shape index (κ2) is 8.91. The standard InChI is InChI=1S/C18H16F3N3O2S.C2HF3O2/c1-27(25,26)9-2-3-16-17(4-9)24-8-15(22)11(6-18(24)23-16)10-5-13(20)14(21)7-12(10)19;3-2(4,5)1(6)7/h2-5,7,11,15H,6,8,22H2,1H3;(H,6,7)/t11-,15+;/m1./s1. The van der Waals surface area contributed by atoms with Gasteiger partial charge in [-0.1, -0.05) is 0 Å². The zero-order valence-corrected chi connectivity index (χ0v) is 18.1. The lowest BCUT2D eigenvalue weighted by Crippen LogP contribution is -2.39. The van der Waals surface area contributed by atoms with Gasteiger partial charge in [-0.2, -0.15) is 13.2 Å². The van der Waals surface area contributed by atoms with E-state index in [0.717, 1.165) is 12.3 Å². The Kier molecular flexibility index (Phi) is 6.68. The Balaban J connectivity index is 0.000000406. The number of halogens is 6. The summed E-state index contributed by atoms with van der Waals surface area (Å²) in [5.74, 6) is -5.97. The number of hydrogen-bond acceptors (Lipinski definition) is 5. The molecule has 3 aromatic rings. The number of rotatable bonds is 2. The number of carboxylic acids is 1. The van der Waals surface area contributed by atoms with Gasteiger partial charge in [-0.15, -0.1) is 0 Å². The van der Waals surface area contributed by atoms with Crippen molar-refractivity contribution < 1.29 is 44.7 Å². The van der Waals surface area contributed by atoms with E-state index in [9.17, 15) is 34.8 Å². The molecule has 0 saturated heterocycles. The number of nitrogens with zero attached hydrogens (tertiary/aromatic N) is 2. The van der Waals surface area contributed by atoms with Gasteiger partial charge < -0.3 is 15.4 Å². The molecule has 4 rings (SSSR count). The molecule has 3 N–H and O–H groups in total. The Hall–Kier alpha value is -3.13.